The van der Waals surface area contributed by atoms with Gasteiger partial charge in [0.2, 0.25) is 11.2 Å². The van der Waals surface area contributed by atoms with E-state index in [4.69, 9.17) is 9.47 Å². The van der Waals surface area contributed by atoms with E-state index in [1.165, 1.54) is 10.8 Å². The maximum atomic E-state index is 14.8. The van der Waals surface area contributed by atoms with Crippen LogP contribution in [0.2, 0.25) is 0 Å². The minimum Gasteiger partial charge on any atom is -0.462 e. The summed E-state index contributed by atoms with van der Waals surface area (Å²) in [5, 5.41) is 10.6. The van der Waals surface area contributed by atoms with Gasteiger partial charge in [-0.1, -0.05) is 24.3 Å². The van der Waals surface area contributed by atoms with Gasteiger partial charge < -0.3 is 19.1 Å². The summed E-state index contributed by atoms with van der Waals surface area (Å²) in [6, 6.07) is 11.4. The van der Waals surface area contributed by atoms with E-state index in [1.54, 1.807) is 25.1 Å². The van der Waals surface area contributed by atoms with E-state index < -0.39 is 34.9 Å². The predicted octanol–water partition coefficient (Wildman–Crippen LogP) is 4.61. The molecule has 8 heteroatoms. The molecular weight excluding hydrogens is 432 g/mol. The quantitative estimate of drug-likeness (QED) is 0.400. The maximum Gasteiger partial charge on any atom is 0.343 e. The van der Waals surface area contributed by atoms with Gasteiger partial charge in [0, 0.05) is 6.20 Å². The Balaban J connectivity index is 1.71. The summed E-state index contributed by atoms with van der Waals surface area (Å²) >= 11 is 0. The van der Waals surface area contributed by atoms with Gasteiger partial charge in [0.15, 0.2) is 17.3 Å². The van der Waals surface area contributed by atoms with Gasteiger partial charge in [-0.15, -0.1) is 0 Å². The molecule has 1 unspecified atom stereocenters. The summed E-state index contributed by atoms with van der Waals surface area (Å²) in [6.45, 7) is 1.64. The highest BCUT2D eigenvalue weighted by Gasteiger charge is 2.33. The zero-order valence-electron chi connectivity index (χ0n) is 17.2. The van der Waals surface area contributed by atoms with Crippen LogP contribution in [-0.4, -0.2) is 22.2 Å². The second-order valence-electron chi connectivity index (χ2n) is 7.86. The fourth-order valence-corrected chi connectivity index (χ4v) is 4.61. The lowest BCUT2D eigenvalue weighted by molar-refractivity contribution is 0.0524. The summed E-state index contributed by atoms with van der Waals surface area (Å²) in [5.74, 6) is -3.71. The number of rotatable bonds is 2. The number of pyridine rings is 1. The third kappa shape index (κ3) is 2.55. The topological polar surface area (TPSA) is 77.8 Å². The van der Waals surface area contributed by atoms with E-state index in [0.717, 1.165) is 17.2 Å². The molecule has 0 amide bonds. The molecule has 164 valence electrons. The number of aliphatic hydroxyl groups is 1. The zero-order valence-corrected chi connectivity index (χ0v) is 17.2. The maximum absolute atomic E-state index is 14.8. The molecule has 33 heavy (non-hydrogen) atoms. The molecule has 1 N–H and O–H groups in total. The van der Waals surface area contributed by atoms with E-state index in [0.29, 0.717) is 16.8 Å². The second kappa shape index (κ2) is 6.73. The summed E-state index contributed by atoms with van der Waals surface area (Å²) < 4.78 is 41.3. The van der Waals surface area contributed by atoms with Crippen molar-refractivity contribution in [3.63, 3.8) is 0 Å². The number of carbonyl (C=O) groups excluding carboxylic acids is 1. The lowest BCUT2D eigenvalue weighted by Crippen LogP contribution is -2.22. The molecular formula is C25H15F2NO5. The number of benzene rings is 3. The number of hydrogen-bond donors (Lipinski definition) is 1. The van der Waals surface area contributed by atoms with Gasteiger partial charge in [-0.3, -0.25) is 4.79 Å². The Morgan fingerprint density at radius 1 is 1.15 bits per heavy atom. The summed E-state index contributed by atoms with van der Waals surface area (Å²) in [4.78, 5) is 25.4. The van der Waals surface area contributed by atoms with Gasteiger partial charge in [-0.2, -0.15) is 4.39 Å². The average Bonchev–Trinajstić information content (AvgIpc) is 3.09. The number of nitrogens with zero attached hydrogens (tertiary/aromatic N) is 1. The Morgan fingerprint density at radius 3 is 2.73 bits per heavy atom. The van der Waals surface area contributed by atoms with Crippen molar-refractivity contribution in [3.8, 4) is 28.3 Å². The van der Waals surface area contributed by atoms with Crippen LogP contribution in [0.5, 0.6) is 11.5 Å². The molecule has 1 atom stereocenters. The summed E-state index contributed by atoms with van der Waals surface area (Å²) in [7, 11) is 0. The fourth-order valence-electron chi connectivity index (χ4n) is 4.61. The minimum absolute atomic E-state index is 0.00577. The molecule has 6 nitrogen and oxygen atoms in total. The second-order valence-corrected chi connectivity index (χ2v) is 7.86. The monoisotopic (exact) mass is 447 g/mol. The van der Waals surface area contributed by atoms with Crippen molar-refractivity contribution >= 4 is 16.9 Å². The molecule has 2 aliphatic rings. The Morgan fingerprint density at radius 2 is 1.94 bits per heavy atom. The molecule has 0 spiro atoms. The molecule has 4 aromatic rings. The average molecular weight is 447 g/mol. The first kappa shape index (κ1) is 19.6. The van der Waals surface area contributed by atoms with Crippen molar-refractivity contribution in [2.75, 3.05) is 6.61 Å². The molecule has 0 bridgehead atoms. The van der Waals surface area contributed by atoms with Crippen LogP contribution in [0.15, 0.2) is 53.5 Å². The lowest BCUT2D eigenvalue weighted by atomic mass is 10.0. The van der Waals surface area contributed by atoms with Gasteiger partial charge in [-0.25, -0.2) is 9.18 Å². The van der Waals surface area contributed by atoms with Crippen molar-refractivity contribution in [2.45, 2.75) is 13.0 Å². The number of halogens is 2. The first-order valence-electron chi connectivity index (χ1n) is 10.3. The molecule has 1 aromatic heterocycles. The van der Waals surface area contributed by atoms with Crippen LogP contribution in [0, 0.1) is 11.6 Å². The van der Waals surface area contributed by atoms with Crippen LogP contribution in [0.3, 0.4) is 0 Å². The third-order valence-electron chi connectivity index (χ3n) is 6.08. The van der Waals surface area contributed by atoms with E-state index in [-0.39, 0.29) is 28.8 Å². The largest absolute Gasteiger partial charge is 0.462 e. The highest BCUT2D eigenvalue weighted by molar-refractivity contribution is 5.97. The molecule has 2 heterocycles. The van der Waals surface area contributed by atoms with E-state index in [2.05, 4.69) is 0 Å². The van der Waals surface area contributed by atoms with Gasteiger partial charge in [-0.05, 0) is 47.4 Å². The Kier molecular flexibility index (Phi) is 4.00. The highest BCUT2D eigenvalue weighted by Crippen LogP contribution is 2.50. The molecule has 6 rings (SSSR count). The van der Waals surface area contributed by atoms with Gasteiger partial charge in [0.1, 0.15) is 17.2 Å². The molecule has 0 saturated heterocycles. The van der Waals surface area contributed by atoms with E-state index in [9.17, 15) is 23.5 Å². The minimum atomic E-state index is -1.28. The highest BCUT2D eigenvalue weighted by atomic mass is 19.2. The van der Waals surface area contributed by atoms with Crippen LogP contribution in [-0.2, 0) is 4.74 Å². The first-order chi connectivity index (χ1) is 15.9. The zero-order chi connectivity index (χ0) is 23.0. The number of ether oxygens (including phenoxy) is 2. The Labute approximate surface area is 185 Å². The Bertz CT molecular complexity index is 1590. The number of hydrogen-bond acceptors (Lipinski definition) is 5. The van der Waals surface area contributed by atoms with Crippen LogP contribution in [0.4, 0.5) is 8.78 Å². The smallest absolute Gasteiger partial charge is 0.343 e. The molecule has 0 radical (unpaired) electrons. The van der Waals surface area contributed by atoms with Crippen molar-refractivity contribution in [3.05, 3.63) is 87.2 Å². The van der Waals surface area contributed by atoms with Crippen LogP contribution in [0.1, 0.15) is 34.5 Å². The number of esters is 1. The van der Waals surface area contributed by atoms with Gasteiger partial charge in [0.25, 0.3) is 0 Å². The summed E-state index contributed by atoms with van der Waals surface area (Å²) in [5.41, 5.74) is 2.14. The number of carbonyl (C=O) groups is 1. The SMILES string of the molecule is CCOC(=O)c1cn2c3c(c(F)c(F)cc3c1=O)Oc1cc3c(cc1-2)-c1ccccc1C3O. The van der Waals surface area contributed by atoms with Crippen molar-refractivity contribution in [2.24, 2.45) is 0 Å². The van der Waals surface area contributed by atoms with Gasteiger partial charge in [0.05, 0.1) is 17.7 Å². The predicted molar refractivity (Wildman–Crippen MR) is 115 cm³/mol. The van der Waals surface area contributed by atoms with Gasteiger partial charge >= 0.3 is 5.97 Å². The summed E-state index contributed by atoms with van der Waals surface area (Å²) in [6.07, 6.45) is 0.349. The number of aromatic nitrogens is 1. The standard InChI is InChI=1S/C25H15F2NO5/c1-2-32-25(31)16-10-28-18-8-13-11-5-3-4-6-12(11)22(29)14(13)9-19(18)33-24-20(27)17(26)7-15(21(24)28)23(16)30/h3-10,22,29H,2H2,1H3. The normalized spacial score (nSPS) is 15.0. The van der Waals surface area contributed by atoms with Crippen molar-refractivity contribution < 1.29 is 28.2 Å². The van der Waals surface area contributed by atoms with Crippen molar-refractivity contribution in [1.29, 1.82) is 0 Å². The Hall–Kier alpha value is -4.04. The van der Waals surface area contributed by atoms with Crippen LogP contribution in [0.25, 0.3) is 27.7 Å². The van der Waals surface area contributed by atoms with Crippen molar-refractivity contribution in [1.82, 2.24) is 4.57 Å². The molecule has 1 aliphatic heterocycles. The fraction of sp³-hybridized carbons (Fsp3) is 0.120. The first-order valence-corrected chi connectivity index (χ1v) is 10.3. The molecule has 1 aliphatic carbocycles. The van der Waals surface area contributed by atoms with Crippen LogP contribution < -0.4 is 10.2 Å². The van der Waals surface area contributed by atoms with E-state index >= 15 is 0 Å². The third-order valence-corrected chi connectivity index (χ3v) is 6.08. The number of fused-ring (bicyclic) bond motifs is 5. The number of aliphatic hydroxyl groups excluding tert-OH is 1. The molecule has 3 aromatic carbocycles. The molecule has 0 fully saturated rings. The lowest BCUT2D eigenvalue weighted by Gasteiger charge is -2.25. The van der Waals surface area contributed by atoms with E-state index in [1.807, 2.05) is 18.2 Å². The van der Waals surface area contributed by atoms with Crippen LogP contribution >= 0.6 is 0 Å². The molecule has 0 saturated carbocycles.